The highest BCUT2D eigenvalue weighted by Crippen LogP contribution is 2.29. The smallest absolute Gasteiger partial charge is 0.278 e. The molecule has 2 aromatic carbocycles. The lowest BCUT2D eigenvalue weighted by Gasteiger charge is -2.08. The Labute approximate surface area is 185 Å². The first-order valence-corrected chi connectivity index (χ1v) is 10.3. The number of nitrogens with zero attached hydrogens (tertiary/aromatic N) is 4. The van der Waals surface area contributed by atoms with Gasteiger partial charge < -0.3 is 10.1 Å². The first-order valence-electron chi connectivity index (χ1n) is 9.92. The topological polar surface area (TPSA) is 81.4 Å². The minimum atomic E-state index is -0.340. The van der Waals surface area contributed by atoms with Crippen LogP contribution in [0.5, 0.6) is 0 Å². The summed E-state index contributed by atoms with van der Waals surface area (Å²) in [5, 5.41) is 16.7. The molecule has 0 saturated heterocycles. The van der Waals surface area contributed by atoms with Crippen molar-refractivity contribution in [3.63, 3.8) is 0 Å². The number of carbonyl (C=O) groups excluding carboxylic acids is 1. The molecule has 0 fully saturated rings. The molecular weight excluding hydrogens is 414 g/mol. The number of fused-ring (bicyclic) bond motifs is 1. The van der Waals surface area contributed by atoms with Gasteiger partial charge in [-0.2, -0.15) is 5.10 Å². The van der Waals surface area contributed by atoms with E-state index in [1.165, 1.54) is 5.56 Å². The van der Waals surface area contributed by atoms with Crippen molar-refractivity contribution in [3.8, 4) is 11.1 Å². The number of nitrogens with one attached hydrogen (secondary N) is 1. The maximum atomic E-state index is 12.9. The number of carbonyl (C=O) groups is 1. The SMILES string of the molecule is CCc1ccc(NC(=O)c2nnc3c(-c4ccc(Cl)cc4)c(COC)nn3c2C)cc1. The van der Waals surface area contributed by atoms with Gasteiger partial charge in [-0.1, -0.05) is 42.8 Å². The molecule has 0 aliphatic rings. The summed E-state index contributed by atoms with van der Waals surface area (Å²) >= 11 is 6.04. The fraction of sp³-hybridized carbons (Fsp3) is 0.217. The van der Waals surface area contributed by atoms with Crippen molar-refractivity contribution < 1.29 is 9.53 Å². The number of amides is 1. The van der Waals surface area contributed by atoms with Gasteiger partial charge in [0.15, 0.2) is 11.3 Å². The van der Waals surface area contributed by atoms with Crippen LogP contribution in [0.25, 0.3) is 16.8 Å². The van der Waals surface area contributed by atoms with Crippen LogP contribution in [0.3, 0.4) is 0 Å². The molecule has 0 unspecified atom stereocenters. The van der Waals surface area contributed by atoms with E-state index in [4.69, 9.17) is 16.3 Å². The van der Waals surface area contributed by atoms with Crippen molar-refractivity contribution in [2.24, 2.45) is 0 Å². The summed E-state index contributed by atoms with van der Waals surface area (Å²) in [6, 6.07) is 15.1. The molecule has 0 aliphatic carbocycles. The molecule has 0 aliphatic heterocycles. The fourth-order valence-corrected chi connectivity index (χ4v) is 3.55. The Morgan fingerprint density at radius 1 is 1.10 bits per heavy atom. The van der Waals surface area contributed by atoms with E-state index < -0.39 is 0 Å². The predicted octanol–water partition coefficient (Wildman–Crippen LogP) is 4.71. The summed E-state index contributed by atoms with van der Waals surface area (Å²) in [6.07, 6.45) is 0.939. The minimum Gasteiger partial charge on any atom is -0.378 e. The van der Waals surface area contributed by atoms with Crippen LogP contribution >= 0.6 is 11.6 Å². The van der Waals surface area contributed by atoms with Crippen LogP contribution in [0.15, 0.2) is 48.5 Å². The summed E-state index contributed by atoms with van der Waals surface area (Å²) in [5.74, 6) is -0.340. The number of benzene rings is 2. The number of rotatable bonds is 6. The Morgan fingerprint density at radius 2 is 1.81 bits per heavy atom. The monoisotopic (exact) mass is 435 g/mol. The molecule has 1 amide bonds. The second kappa shape index (κ2) is 8.83. The van der Waals surface area contributed by atoms with Crippen LogP contribution < -0.4 is 5.32 Å². The molecule has 0 spiro atoms. The van der Waals surface area contributed by atoms with Crippen LogP contribution in [-0.2, 0) is 17.8 Å². The Bertz CT molecular complexity index is 1230. The first-order chi connectivity index (χ1) is 15.0. The molecule has 4 rings (SSSR count). The normalized spacial score (nSPS) is 11.1. The van der Waals surface area contributed by atoms with E-state index in [1.54, 1.807) is 18.5 Å². The number of halogens is 1. The van der Waals surface area contributed by atoms with E-state index in [0.29, 0.717) is 34.4 Å². The number of anilines is 1. The third kappa shape index (κ3) is 4.15. The van der Waals surface area contributed by atoms with Crippen LogP contribution in [0.1, 0.15) is 34.4 Å². The second-order valence-electron chi connectivity index (χ2n) is 7.14. The fourth-order valence-electron chi connectivity index (χ4n) is 3.42. The maximum Gasteiger partial charge on any atom is 0.278 e. The van der Waals surface area contributed by atoms with E-state index in [0.717, 1.165) is 17.5 Å². The Morgan fingerprint density at radius 3 is 2.45 bits per heavy atom. The molecule has 0 bridgehead atoms. The van der Waals surface area contributed by atoms with Gasteiger partial charge in [0.05, 0.1) is 23.6 Å². The summed E-state index contributed by atoms with van der Waals surface area (Å²) in [4.78, 5) is 12.9. The van der Waals surface area contributed by atoms with Crippen LogP contribution in [0.2, 0.25) is 5.02 Å². The molecule has 1 N–H and O–H groups in total. The zero-order valence-electron chi connectivity index (χ0n) is 17.5. The molecular formula is C23H22ClN5O2. The first kappa shape index (κ1) is 21.0. The van der Waals surface area contributed by atoms with Gasteiger partial charge in [0, 0.05) is 17.8 Å². The van der Waals surface area contributed by atoms with Crippen LogP contribution in [-0.4, -0.2) is 32.8 Å². The maximum absolute atomic E-state index is 12.9. The lowest BCUT2D eigenvalue weighted by Crippen LogP contribution is -2.18. The summed E-state index contributed by atoms with van der Waals surface area (Å²) in [6.45, 7) is 4.18. The molecule has 31 heavy (non-hydrogen) atoms. The molecule has 2 aromatic heterocycles. The third-order valence-corrected chi connectivity index (χ3v) is 5.34. The molecule has 4 aromatic rings. The molecule has 2 heterocycles. The number of ether oxygens (including phenoxy) is 1. The number of hydrogen-bond donors (Lipinski definition) is 1. The van der Waals surface area contributed by atoms with E-state index in [2.05, 4.69) is 27.5 Å². The van der Waals surface area contributed by atoms with Crippen molar-refractivity contribution in [1.29, 1.82) is 0 Å². The van der Waals surface area contributed by atoms with Gasteiger partial charge in [-0.15, -0.1) is 10.2 Å². The summed E-state index contributed by atoms with van der Waals surface area (Å²) in [7, 11) is 1.61. The standard InChI is InChI=1S/C23H22ClN5O2/c1-4-15-5-11-18(12-6-15)25-23(30)21-14(2)29-22(27-26-21)20(19(28-29)13-31-3)16-7-9-17(24)10-8-16/h5-12H,4,13H2,1-3H3,(H,25,30). The van der Waals surface area contributed by atoms with Gasteiger partial charge in [-0.05, 0) is 48.7 Å². The van der Waals surface area contributed by atoms with Gasteiger partial charge in [0.1, 0.15) is 0 Å². The predicted molar refractivity (Wildman–Crippen MR) is 120 cm³/mol. The Hall–Kier alpha value is -3.29. The number of aryl methyl sites for hydroxylation is 2. The van der Waals surface area contributed by atoms with E-state index in [-0.39, 0.29) is 11.6 Å². The van der Waals surface area contributed by atoms with Gasteiger partial charge in [-0.25, -0.2) is 4.52 Å². The largest absolute Gasteiger partial charge is 0.378 e. The highest BCUT2D eigenvalue weighted by molar-refractivity contribution is 6.30. The van der Waals surface area contributed by atoms with Crippen LogP contribution in [0, 0.1) is 6.92 Å². The molecule has 0 atom stereocenters. The molecule has 7 nitrogen and oxygen atoms in total. The Kier molecular flexibility index (Phi) is 5.97. The lowest BCUT2D eigenvalue weighted by molar-refractivity contribution is 0.102. The number of aromatic nitrogens is 4. The summed E-state index contributed by atoms with van der Waals surface area (Å²) < 4.78 is 6.97. The van der Waals surface area contributed by atoms with Crippen molar-refractivity contribution >= 4 is 28.8 Å². The van der Waals surface area contributed by atoms with Crippen molar-refractivity contribution in [3.05, 3.63) is 76.2 Å². The zero-order valence-corrected chi connectivity index (χ0v) is 18.3. The van der Waals surface area contributed by atoms with Crippen LogP contribution in [0.4, 0.5) is 5.69 Å². The second-order valence-corrected chi connectivity index (χ2v) is 7.57. The average molecular weight is 436 g/mol. The average Bonchev–Trinajstić information content (AvgIpc) is 3.14. The minimum absolute atomic E-state index is 0.209. The lowest BCUT2D eigenvalue weighted by atomic mass is 10.1. The number of hydrogen-bond acceptors (Lipinski definition) is 5. The van der Waals surface area contributed by atoms with E-state index >= 15 is 0 Å². The van der Waals surface area contributed by atoms with Gasteiger partial charge >= 0.3 is 0 Å². The van der Waals surface area contributed by atoms with E-state index in [9.17, 15) is 4.79 Å². The third-order valence-electron chi connectivity index (χ3n) is 5.09. The van der Waals surface area contributed by atoms with E-state index in [1.807, 2.05) is 48.5 Å². The van der Waals surface area contributed by atoms with Crippen molar-refractivity contribution in [2.45, 2.75) is 26.9 Å². The van der Waals surface area contributed by atoms with Gasteiger partial charge in [-0.3, -0.25) is 4.79 Å². The van der Waals surface area contributed by atoms with Gasteiger partial charge in [0.25, 0.3) is 5.91 Å². The van der Waals surface area contributed by atoms with Crippen molar-refractivity contribution in [1.82, 2.24) is 19.8 Å². The number of methoxy groups -OCH3 is 1. The highest BCUT2D eigenvalue weighted by Gasteiger charge is 2.22. The molecule has 158 valence electrons. The zero-order chi connectivity index (χ0) is 22.0. The molecule has 8 heteroatoms. The highest BCUT2D eigenvalue weighted by atomic mass is 35.5. The quantitative estimate of drug-likeness (QED) is 0.474. The Balaban J connectivity index is 1.74. The van der Waals surface area contributed by atoms with Gasteiger partial charge in [0.2, 0.25) is 0 Å². The molecule has 0 radical (unpaired) electrons. The molecule has 0 saturated carbocycles. The van der Waals surface area contributed by atoms with Crippen molar-refractivity contribution in [2.75, 3.05) is 12.4 Å². The summed E-state index contributed by atoms with van der Waals surface area (Å²) in [5.41, 5.74) is 5.65.